The van der Waals surface area contributed by atoms with Crippen LogP contribution < -0.4 is 11.2 Å². The van der Waals surface area contributed by atoms with Gasteiger partial charge < -0.3 is 18.0 Å². The second kappa shape index (κ2) is 12.1. The molecule has 41 heavy (non-hydrogen) atoms. The molecule has 1 saturated heterocycles. The third-order valence-corrected chi connectivity index (χ3v) is 23.3. The van der Waals surface area contributed by atoms with Crippen molar-refractivity contribution < 1.29 is 18.0 Å². The fraction of sp³-hybridized carbons (Fsp3) is 0.800. The van der Waals surface area contributed by atoms with Gasteiger partial charge in [-0.15, -0.1) is 6.58 Å². The van der Waals surface area contributed by atoms with E-state index in [1.165, 1.54) is 4.57 Å². The number of hydrogen-bond donors (Lipinski definition) is 1. The maximum atomic E-state index is 13.3. The van der Waals surface area contributed by atoms with Gasteiger partial charge in [-0.05, 0) is 54.4 Å². The lowest BCUT2D eigenvalue weighted by Gasteiger charge is -2.44. The number of aromatic nitrogens is 2. The van der Waals surface area contributed by atoms with E-state index in [9.17, 15) is 9.59 Å². The van der Waals surface area contributed by atoms with Crippen LogP contribution in [0.25, 0.3) is 0 Å². The Morgan fingerprint density at radius 2 is 1.32 bits per heavy atom. The highest BCUT2D eigenvalue weighted by atomic mass is 28.4. The third-order valence-electron chi connectivity index (χ3n) is 9.87. The van der Waals surface area contributed by atoms with Gasteiger partial charge in [0.15, 0.2) is 25.0 Å². The molecule has 1 aliphatic heterocycles. The molecule has 0 aromatic carbocycles. The minimum atomic E-state index is -2.36. The van der Waals surface area contributed by atoms with Crippen LogP contribution in [0.2, 0.25) is 54.4 Å². The number of allylic oxidation sites excluding steroid dienone is 1. The van der Waals surface area contributed by atoms with Crippen LogP contribution >= 0.6 is 0 Å². The van der Waals surface area contributed by atoms with Crippen LogP contribution in [-0.2, 0) is 24.6 Å². The van der Waals surface area contributed by atoms with Gasteiger partial charge in [-0.1, -0.05) is 68.4 Å². The third kappa shape index (κ3) is 8.10. The highest BCUT2D eigenvalue weighted by Gasteiger charge is 2.55. The molecule has 0 bridgehead atoms. The van der Waals surface area contributed by atoms with Gasteiger partial charge in [-0.2, -0.15) is 0 Å². The van der Waals surface area contributed by atoms with Crippen LogP contribution in [0.1, 0.15) is 74.0 Å². The summed E-state index contributed by atoms with van der Waals surface area (Å²) in [5.74, 6) is 0. The fourth-order valence-electron chi connectivity index (χ4n) is 3.93. The van der Waals surface area contributed by atoms with E-state index in [1.807, 2.05) is 0 Å². The maximum Gasteiger partial charge on any atom is 0.328 e. The SMILES string of the molecule is C=CCn1cc([C@@H]2O[C@H](CO[Si](C)(C)C(C)(C)C)[C@@H](O[Si](C)(C)C(C)(C)C)[C@H]2O[Si](C)(C)C(C)(C)C)c(=O)[nH]c1=O. The summed E-state index contributed by atoms with van der Waals surface area (Å²) in [5.41, 5.74) is -0.597. The second-order valence-corrected chi connectivity index (χ2v) is 30.5. The normalized spacial score (nSPS) is 23.2. The van der Waals surface area contributed by atoms with E-state index in [2.05, 4.69) is 113 Å². The first kappa shape index (κ1) is 36.1. The standard InChI is InChI=1S/C30H58N2O6Si3/c1-17-18-32-19-21(26(33)31-27(32)34)23-25(38-41(15,16)30(8,9)10)24(37-40(13,14)29(5,6)7)22(36-23)20-35-39(11,12)28(2,3)4/h17,19,22-25H,1,18,20H2,2-16H3,(H,31,33,34)/t22-,23+,24-,25+/m1/s1. The summed E-state index contributed by atoms with van der Waals surface area (Å²) >= 11 is 0. The number of H-pyrrole nitrogens is 1. The van der Waals surface area contributed by atoms with Crippen molar-refractivity contribution in [3.63, 3.8) is 0 Å². The van der Waals surface area contributed by atoms with Gasteiger partial charge >= 0.3 is 5.69 Å². The van der Waals surface area contributed by atoms with Crippen LogP contribution in [0.5, 0.6) is 0 Å². The van der Waals surface area contributed by atoms with Crippen LogP contribution in [0.3, 0.4) is 0 Å². The summed E-state index contributed by atoms with van der Waals surface area (Å²) in [4.78, 5) is 28.3. The van der Waals surface area contributed by atoms with Crippen molar-refractivity contribution in [1.29, 1.82) is 0 Å². The zero-order chi connectivity index (χ0) is 32.0. The molecular weight excluding hydrogens is 569 g/mol. The van der Waals surface area contributed by atoms with E-state index in [1.54, 1.807) is 12.3 Å². The molecule has 0 amide bonds. The lowest BCUT2D eigenvalue weighted by atomic mass is 10.0. The maximum absolute atomic E-state index is 13.3. The van der Waals surface area contributed by atoms with E-state index < -0.39 is 60.6 Å². The Hall–Kier alpha value is -1.09. The Kier molecular flexibility index (Phi) is 10.7. The van der Waals surface area contributed by atoms with Gasteiger partial charge in [0, 0.05) is 12.7 Å². The fourth-order valence-corrected chi connectivity index (χ4v) is 7.55. The molecule has 1 aromatic heterocycles. The number of rotatable bonds is 10. The first-order valence-corrected chi connectivity index (χ1v) is 23.6. The number of hydrogen-bond acceptors (Lipinski definition) is 6. The Morgan fingerprint density at radius 1 is 0.854 bits per heavy atom. The summed E-state index contributed by atoms with van der Waals surface area (Å²) in [6.45, 7) is 37.6. The van der Waals surface area contributed by atoms with Crippen molar-refractivity contribution in [2.45, 2.75) is 148 Å². The smallest absolute Gasteiger partial charge is 0.328 e. The molecule has 0 aliphatic carbocycles. The summed E-state index contributed by atoms with van der Waals surface area (Å²) in [6, 6.07) is 0. The molecule has 11 heteroatoms. The Morgan fingerprint density at radius 3 is 1.76 bits per heavy atom. The summed E-state index contributed by atoms with van der Waals surface area (Å²) < 4.78 is 29.2. The molecule has 8 nitrogen and oxygen atoms in total. The van der Waals surface area contributed by atoms with Crippen LogP contribution in [0.4, 0.5) is 0 Å². The van der Waals surface area contributed by atoms with E-state index >= 15 is 0 Å². The largest absolute Gasteiger partial charge is 0.414 e. The first-order valence-electron chi connectivity index (χ1n) is 14.9. The minimum absolute atomic E-state index is 0.0230. The molecule has 0 unspecified atom stereocenters. The number of nitrogens with one attached hydrogen (secondary N) is 1. The van der Waals surface area contributed by atoms with Crippen molar-refractivity contribution in [3.8, 4) is 0 Å². The van der Waals surface area contributed by atoms with Crippen molar-refractivity contribution in [3.05, 3.63) is 45.3 Å². The summed E-state index contributed by atoms with van der Waals surface area (Å²) in [5, 5.41) is -0.107. The van der Waals surface area contributed by atoms with E-state index in [-0.39, 0.29) is 21.7 Å². The van der Waals surface area contributed by atoms with Crippen LogP contribution in [0, 0.1) is 0 Å². The highest BCUT2D eigenvalue weighted by molar-refractivity contribution is 6.75. The second-order valence-electron chi connectivity index (χ2n) is 16.1. The Bertz CT molecular complexity index is 1180. The topological polar surface area (TPSA) is 91.8 Å². The predicted molar refractivity (Wildman–Crippen MR) is 176 cm³/mol. The molecular formula is C30H58N2O6Si3. The van der Waals surface area contributed by atoms with Gasteiger partial charge in [-0.3, -0.25) is 14.3 Å². The molecule has 1 aliphatic rings. The van der Waals surface area contributed by atoms with E-state index in [0.717, 1.165) is 0 Å². The van der Waals surface area contributed by atoms with Crippen LogP contribution in [-0.4, -0.2) is 59.4 Å². The molecule has 1 N–H and O–H groups in total. The number of nitrogens with zero attached hydrogens (tertiary/aromatic N) is 1. The van der Waals surface area contributed by atoms with Crippen molar-refractivity contribution in [1.82, 2.24) is 9.55 Å². The van der Waals surface area contributed by atoms with Gasteiger partial charge in [-0.25, -0.2) is 4.79 Å². The molecule has 1 aromatic rings. The summed E-state index contributed by atoms with van der Waals surface area (Å²) in [7, 11) is -6.78. The zero-order valence-electron chi connectivity index (χ0n) is 28.5. The van der Waals surface area contributed by atoms with Crippen molar-refractivity contribution in [2.24, 2.45) is 0 Å². The van der Waals surface area contributed by atoms with E-state index in [0.29, 0.717) is 12.2 Å². The monoisotopic (exact) mass is 626 g/mol. The number of ether oxygens (including phenoxy) is 1. The van der Waals surface area contributed by atoms with Gasteiger partial charge in [0.2, 0.25) is 0 Å². The molecule has 4 atom stereocenters. The lowest BCUT2D eigenvalue weighted by Crippen LogP contribution is -2.54. The zero-order valence-corrected chi connectivity index (χ0v) is 31.5. The quantitative estimate of drug-likeness (QED) is 0.223. The Labute approximate surface area is 251 Å². The Balaban J connectivity index is 2.75. The molecule has 0 radical (unpaired) electrons. The van der Waals surface area contributed by atoms with Crippen LogP contribution in [0.15, 0.2) is 28.4 Å². The summed E-state index contributed by atoms with van der Waals surface area (Å²) in [6.07, 6.45) is 1.05. The van der Waals surface area contributed by atoms with Crippen molar-refractivity contribution >= 4 is 25.0 Å². The first-order chi connectivity index (χ1) is 18.3. The molecule has 0 saturated carbocycles. The van der Waals surface area contributed by atoms with Gasteiger partial charge in [0.1, 0.15) is 24.4 Å². The van der Waals surface area contributed by atoms with Gasteiger partial charge in [0.05, 0.1) is 12.2 Å². The molecule has 236 valence electrons. The molecule has 1 fully saturated rings. The molecule has 2 heterocycles. The van der Waals surface area contributed by atoms with Gasteiger partial charge in [0.25, 0.3) is 5.56 Å². The molecule has 0 spiro atoms. The van der Waals surface area contributed by atoms with E-state index in [4.69, 9.17) is 18.0 Å². The average Bonchev–Trinajstić information content (AvgIpc) is 3.07. The lowest BCUT2D eigenvalue weighted by molar-refractivity contribution is -0.0179. The highest BCUT2D eigenvalue weighted by Crippen LogP contribution is 2.47. The van der Waals surface area contributed by atoms with Crippen molar-refractivity contribution in [2.75, 3.05) is 6.61 Å². The molecule has 2 rings (SSSR count). The average molecular weight is 627 g/mol. The minimum Gasteiger partial charge on any atom is -0.414 e. The predicted octanol–water partition coefficient (Wildman–Crippen LogP) is 6.97. The number of aromatic amines is 1.